The van der Waals surface area contributed by atoms with Crippen molar-refractivity contribution in [3.05, 3.63) is 53.6 Å². The Hall–Kier alpha value is -2.20. The van der Waals surface area contributed by atoms with Crippen molar-refractivity contribution in [3.8, 4) is 17.2 Å². The molecule has 130 valence electrons. The highest BCUT2D eigenvalue weighted by molar-refractivity contribution is 5.44. The van der Waals surface area contributed by atoms with Crippen LogP contribution in [0.4, 0.5) is 0 Å². The van der Waals surface area contributed by atoms with Crippen LogP contribution in [0.25, 0.3) is 0 Å². The summed E-state index contributed by atoms with van der Waals surface area (Å²) in [6.45, 7) is 4.59. The summed E-state index contributed by atoms with van der Waals surface area (Å²) in [5.74, 6) is 2.62. The van der Waals surface area contributed by atoms with Crippen molar-refractivity contribution in [2.24, 2.45) is 5.73 Å². The summed E-state index contributed by atoms with van der Waals surface area (Å²) >= 11 is 0. The highest BCUT2D eigenvalue weighted by Gasteiger charge is 2.14. The van der Waals surface area contributed by atoms with Crippen molar-refractivity contribution in [3.63, 3.8) is 0 Å². The van der Waals surface area contributed by atoms with Gasteiger partial charge in [-0.3, -0.25) is 0 Å². The van der Waals surface area contributed by atoms with Crippen LogP contribution in [0.1, 0.15) is 30.9 Å². The van der Waals surface area contributed by atoms with E-state index < -0.39 is 0 Å². The fourth-order valence-electron chi connectivity index (χ4n) is 2.69. The van der Waals surface area contributed by atoms with Crippen molar-refractivity contribution in [1.29, 1.82) is 0 Å². The van der Waals surface area contributed by atoms with E-state index in [9.17, 15) is 0 Å². The molecule has 0 fully saturated rings. The number of rotatable bonds is 8. The van der Waals surface area contributed by atoms with Gasteiger partial charge < -0.3 is 19.9 Å². The van der Waals surface area contributed by atoms with E-state index in [0.29, 0.717) is 6.54 Å². The van der Waals surface area contributed by atoms with Crippen LogP contribution in [0.5, 0.6) is 17.2 Å². The van der Waals surface area contributed by atoms with E-state index in [0.717, 1.165) is 23.7 Å². The van der Waals surface area contributed by atoms with E-state index in [4.69, 9.17) is 19.9 Å². The first-order valence-electron chi connectivity index (χ1n) is 8.25. The maximum absolute atomic E-state index is 6.01. The normalized spacial score (nSPS) is 12.1. The van der Waals surface area contributed by atoms with Gasteiger partial charge in [-0.2, -0.15) is 0 Å². The highest BCUT2D eigenvalue weighted by Crippen LogP contribution is 2.31. The van der Waals surface area contributed by atoms with Crippen LogP contribution in [-0.4, -0.2) is 26.9 Å². The molecule has 4 nitrogen and oxygen atoms in total. The maximum atomic E-state index is 6.01. The monoisotopic (exact) mass is 329 g/mol. The molecule has 1 unspecified atom stereocenters. The summed E-state index contributed by atoms with van der Waals surface area (Å²) in [6, 6.07) is 14.2. The van der Waals surface area contributed by atoms with Gasteiger partial charge >= 0.3 is 0 Å². The molecule has 0 aromatic heterocycles. The van der Waals surface area contributed by atoms with Crippen molar-refractivity contribution in [2.45, 2.75) is 32.3 Å². The lowest BCUT2D eigenvalue weighted by Crippen LogP contribution is -2.15. The van der Waals surface area contributed by atoms with Gasteiger partial charge in [0.15, 0.2) is 11.5 Å². The Bertz CT molecular complexity index is 638. The molecule has 0 saturated heterocycles. The quantitative estimate of drug-likeness (QED) is 0.801. The molecule has 4 heteroatoms. The maximum Gasteiger partial charge on any atom is 0.161 e. The lowest BCUT2D eigenvalue weighted by Gasteiger charge is -2.18. The molecule has 24 heavy (non-hydrogen) atoms. The minimum absolute atomic E-state index is 0.0982. The molecule has 0 aliphatic carbocycles. The minimum atomic E-state index is 0.0982. The second kappa shape index (κ2) is 8.60. The van der Waals surface area contributed by atoms with Gasteiger partial charge in [-0.15, -0.1) is 0 Å². The zero-order valence-corrected chi connectivity index (χ0v) is 14.9. The molecule has 2 aromatic carbocycles. The van der Waals surface area contributed by atoms with Crippen LogP contribution in [0.3, 0.4) is 0 Å². The Morgan fingerprint density at radius 3 is 2.17 bits per heavy atom. The Balaban J connectivity index is 2.20. The summed E-state index contributed by atoms with van der Waals surface area (Å²) in [6.07, 6.45) is 0.947. The molecule has 0 radical (unpaired) electrons. The summed E-state index contributed by atoms with van der Waals surface area (Å²) < 4.78 is 16.5. The molecular weight excluding hydrogens is 302 g/mol. The number of benzene rings is 2. The fraction of sp³-hybridized carbons (Fsp3) is 0.400. The van der Waals surface area contributed by atoms with Crippen molar-refractivity contribution < 1.29 is 14.2 Å². The van der Waals surface area contributed by atoms with Crippen LogP contribution < -0.4 is 19.9 Å². The molecule has 0 aliphatic heterocycles. The lowest BCUT2D eigenvalue weighted by molar-refractivity contribution is 0.230. The third-order valence-electron chi connectivity index (χ3n) is 3.94. The van der Waals surface area contributed by atoms with Crippen LogP contribution in [0.15, 0.2) is 42.5 Å². The van der Waals surface area contributed by atoms with E-state index in [-0.39, 0.29) is 12.0 Å². The lowest BCUT2D eigenvalue weighted by atomic mass is 9.92. The van der Waals surface area contributed by atoms with Gasteiger partial charge in [-0.05, 0) is 62.2 Å². The molecule has 2 rings (SSSR count). The van der Waals surface area contributed by atoms with Gasteiger partial charge in [0.1, 0.15) is 5.75 Å². The molecule has 0 amide bonds. The molecule has 0 aliphatic rings. The van der Waals surface area contributed by atoms with Crippen LogP contribution in [0.2, 0.25) is 0 Å². The Morgan fingerprint density at radius 1 is 0.917 bits per heavy atom. The summed E-state index contributed by atoms with van der Waals surface area (Å²) in [5, 5.41) is 0. The zero-order valence-electron chi connectivity index (χ0n) is 14.9. The summed E-state index contributed by atoms with van der Waals surface area (Å²) in [5.41, 5.74) is 8.40. The standard InChI is InChI=1S/C20H27NO3/c1-14(2)24-20-12-15(5-10-19(20)23-4)11-17(13-21)16-6-8-18(22-3)9-7-16/h5-10,12,14,17H,11,13,21H2,1-4H3. The van der Waals surface area contributed by atoms with E-state index >= 15 is 0 Å². The number of nitrogens with two attached hydrogens (primary N) is 1. The smallest absolute Gasteiger partial charge is 0.161 e. The Labute approximate surface area is 144 Å². The van der Waals surface area contributed by atoms with Crippen LogP contribution >= 0.6 is 0 Å². The Morgan fingerprint density at radius 2 is 1.62 bits per heavy atom. The number of methoxy groups -OCH3 is 2. The second-order valence-corrected chi connectivity index (χ2v) is 6.06. The largest absolute Gasteiger partial charge is 0.497 e. The molecule has 0 saturated carbocycles. The summed E-state index contributed by atoms with van der Waals surface area (Å²) in [7, 11) is 3.32. The van der Waals surface area contributed by atoms with Crippen molar-refractivity contribution in [2.75, 3.05) is 20.8 Å². The van der Waals surface area contributed by atoms with Gasteiger partial charge in [0.2, 0.25) is 0 Å². The number of ether oxygens (including phenoxy) is 3. The van der Waals surface area contributed by atoms with Crippen LogP contribution in [-0.2, 0) is 6.42 Å². The molecular formula is C20H27NO3. The molecule has 2 aromatic rings. The third kappa shape index (κ3) is 4.65. The van der Waals surface area contributed by atoms with Gasteiger partial charge in [0, 0.05) is 5.92 Å². The summed E-state index contributed by atoms with van der Waals surface area (Å²) in [4.78, 5) is 0. The van der Waals surface area contributed by atoms with Gasteiger partial charge in [-0.25, -0.2) is 0 Å². The van der Waals surface area contributed by atoms with E-state index in [1.165, 1.54) is 11.1 Å². The highest BCUT2D eigenvalue weighted by atomic mass is 16.5. The van der Waals surface area contributed by atoms with E-state index in [1.807, 2.05) is 38.1 Å². The van der Waals surface area contributed by atoms with E-state index in [2.05, 4.69) is 18.2 Å². The number of hydrogen-bond donors (Lipinski definition) is 1. The minimum Gasteiger partial charge on any atom is -0.497 e. The van der Waals surface area contributed by atoms with E-state index in [1.54, 1.807) is 14.2 Å². The SMILES string of the molecule is COc1ccc(C(CN)Cc2ccc(OC)c(OC(C)C)c2)cc1. The molecule has 0 heterocycles. The number of hydrogen-bond acceptors (Lipinski definition) is 4. The molecule has 0 bridgehead atoms. The predicted octanol–water partition coefficient (Wildman–Crippen LogP) is 3.78. The van der Waals surface area contributed by atoms with Gasteiger partial charge in [0.05, 0.1) is 20.3 Å². The first-order valence-corrected chi connectivity index (χ1v) is 8.25. The average molecular weight is 329 g/mol. The molecule has 1 atom stereocenters. The molecule has 2 N–H and O–H groups in total. The molecule has 0 spiro atoms. The first kappa shape index (κ1) is 18.1. The fourth-order valence-corrected chi connectivity index (χ4v) is 2.69. The topological polar surface area (TPSA) is 53.7 Å². The van der Waals surface area contributed by atoms with Crippen LogP contribution in [0, 0.1) is 0 Å². The second-order valence-electron chi connectivity index (χ2n) is 6.06. The van der Waals surface area contributed by atoms with Gasteiger partial charge in [0.25, 0.3) is 0 Å². The zero-order chi connectivity index (χ0) is 17.5. The first-order chi connectivity index (χ1) is 11.6. The van der Waals surface area contributed by atoms with Crippen molar-refractivity contribution in [1.82, 2.24) is 0 Å². The third-order valence-corrected chi connectivity index (χ3v) is 3.94. The van der Waals surface area contributed by atoms with Gasteiger partial charge in [-0.1, -0.05) is 18.2 Å². The predicted molar refractivity (Wildman–Crippen MR) is 97.3 cm³/mol. The average Bonchev–Trinajstić information content (AvgIpc) is 2.59. The Kier molecular flexibility index (Phi) is 6.50. The van der Waals surface area contributed by atoms with Crippen molar-refractivity contribution >= 4 is 0 Å².